The fourth-order valence-electron chi connectivity index (χ4n) is 2.94. The van der Waals surface area contributed by atoms with Crippen LogP contribution in [0.1, 0.15) is 50.0 Å². The third kappa shape index (κ3) is 2.95. The lowest BCUT2D eigenvalue weighted by molar-refractivity contribution is -0.0192. The van der Waals surface area contributed by atoms with Crippen molar-refractivity contribution in [3.8, 4) is 0 Å². The number of imide groups is 1. The number of nitrogens with zero attached hydrogens (tertiary/aromatic N) is 1. The van der Waals surface area contributed by atoms with E-state index in [1.54, 1.807) is 12.1 Å². The average Bonchev–Trinajstić information content (AvgIpc) is 2.84. The van der Waals surface area contributed by atoms with Crippen molar-refractivity contribution in [2.45, 2.75) is 19.3 Å². The average molecular weight is 343 g/mol. The summed E-state index contributed by atoms with van der Waals surface area (Å²) in [6, 6.07) is 11.7. The third-order valence-electron chi connectivity index (χ3n) is 4.23. The Kier molecular flexibility index (Phi) is 4.20. The van der Waals surface area contributed by atoms with E-state index >= 15 is 0 Å². The van der Waals surface area contributed by atoms with Crippen molar-refractivity contribution in [2.24, 2.45) is 0 Å². The highest BCUT2D eigenvalue weighted by Gasteiger charge is 2.40. The van der Waals surface area contributed by atoms with Crippen LogP contribution in [0.15, 0.2) is 48.5 Å². The highest BCUT2D eigenvalue weighted by atomic mass is 19.3. The summed E-state index contributed by atoms with van der Waals surface area (Å²) in [7, 11) is 0. The van der Waals surface area contributed by atoms with Crippen molar-refractivity contribution in [1.82, 2.24) is 4.90 Å². The van der Waals surface area contributed by atoms with E-state index in [4.69, 9.17) is 0 Å². The summed E-state index contributed by atoms with van der Waals surface area (Å²) in [5, 5.41) is 0. The Bertz CT molecular complexity index is 841. The van der Waals surface area contributed by atoms with Crippen molar-refractivity contribution in [1.29, 1.82) is 0 Å². The Hall–Kier alpha value is -2.89. The van der Waals surface area contributed by atoms with E-state index in [-0.39, 0.29) is 22.3 Å². The molecule has 128 valence electrons. The number of rotatable bonds is 5. The number of carbonyl (C=O) groups excluding carboxylic acids is 3. The molecule has 0 saturated carbocycles. The molecule has 0 aliphatic carbocycles. The third-order valence-corrected chi connectivity index (χ3v) is 4.23. The normalized spacial score (nSPS) is 14.0. The van der Waals surface area contributed by atoms with Crippen LogP contribution in [0, 0.1) is 0 Å². The van der Waals surface area contributed by atoms with Gasteiger partial charge in [0.15, 0.2) is 5.78 Å². The maximum atomic E-state index is 14.6. The summed E-state index contributed by atoms with van der Waals surface area (Å²) >= 11 is 0. The van der Waals surface area contributed by atoms with E-state index in [2.05, 4.69) is 0 Å². The van der Waals surface area contributed by atoms with Crippen LogP contribution in [-0.2, 0) is 5.92 Å². The quantitative estimate of drug-likeness (QED) is 0.615. The van der Waals surface area contributed by atoms with Crippen molar-refractivity contribution >= 4 is 17.6 Å². The zero-order valence-corrected chi connectivity index (χ0v) is 13.5. The molecule has 0 spiro atoms. The summed E-state index contributed by atoms with van der Waals surface area (Å²) < 4.78 is 29.2. The van der Waals surface area contributed by atoms with Gasteiger partial charge in [0.05, 0.1) is 11.1 Å². The molecule has 0 unspecified atom stereocenters. The molecule has 1 aliphatic rings. The molecular weight excluding hydrogens is 328 g/mol. The number of hydrogen-bond donors (Lipinski definition) is 0. The van der Waals surface area contributed by atoms with Gasteiger partial charge in [-0.2, -0.15) is 0 Å². The summed E-state index contributed by atoms with van der Waals surface area (Å²) in [6.07, 6.45) is -0.747. The van der Waals surface area contributed by atoms with E-state index < -0.39 is 36.5 Å². The molecule has 25 heavy (non-hydrogen) atoms. The fourth-order valence-corrected chi connectivity index (χ4v) is 2.94. The topological polar surface area (TPSA) is 54.5 Å². The first-order valence-electron chi connectivity index (χ1n) is 7.76. The van der Waals surface area contributed by atoms with Crippen molar-refractivity contribution in [2.75, 3.05) is 6.54 Å². The molecule has 0 fully saturated rings. The van der Waals surface area contributed by atoms with Gasteiger partial charge in [0, 0.05) is 24.1 Å². The van der Waals surface area contributed by atoms with E-state index in [1.807, 2.05) is 0 Å². The Labute approximate surface area is 143 Å². The lowest BCUT2D eigenvalue weighted by Crippen LogP contribution is -2.34. The van der Waals surface area contributed by atoms with Gasteiger partial charge in [-0.25, -0.2) is 8.78 Å². The molecule has 2 aromatic carbocycles. The van der Waals surface area contributed by atoms with Gasteiger partial charge in [0.2, 0.25) is 0 Å². The first-order valence-corrected chi connectivity index (χ1v) is 7.76. The second-order valence-corrected chi connectivity index (χ2v) is 5.86. The summed E-state index contributed by atoms with van der Waals surface area (Å²) in [6.45, 7) is 0.796. The SMILES string of the molecule is CC(=O)c1ccccc1C(F)(F)CCN1C(=O)c2ccccc2C1=O. The number of halogens is 2. The maximum absolute atomic E-state index is 14.6. The number of alkyl halides is 2. The van der Waals surface area contributed by atoms with Crippen LogP contribution in [0.5, 0.6) is 0 Å². The van der Waals surface area contributed by atoms with Crippen molar-refractivity contribution in [3.63, 3.8) is 0 Å². The van der Waals surface area contributed by atoms with Crippen molar-refractivity contribution < 1.29 is 23.2 Å². The Morgan fingerprint density at radius 1 is 0.960 bits per heavy atom. The molecule has 0 N–H and O–H groups in total. The standard InChI is InChI=1S/C19H15F2NO3/c1-12(23)13-6-4-5-9-16(13)19(20,21)10-11-22-17(24)14-7-2-3-8-15(14)18(22)25/h2-9H,10-11H2,1H3. The Balaban J connectivity index is 1.81. The molecule has 1 aliphatic heterocycles. The lowest BCUT2D eigenvalue weighted by atomic mass is 9.97. The van der Waals surface area contributed by atoms with Crippen LogP contribution in [0.4, 0.5) is 8.78 Å². The lowest BCUT2D eigenvalue weighted by Gasteiger charge is -2.22. The van der Waals surface area contributed by atoms with Crippen molar-refractivity contribution in [3.05, 3.63) is 70.8 Å². The highest BCUT2D eigenvalue weighted by molar-refractivity contribution is 6.21. The minimum atomic E-state index is -3.34. The molecule has 0 atom stereocenters. The highest BCUT2D eigenvalue weighted by Crippen LogP contribution is 2.35. The Morgan fingerprint density at radius 3 is 2.04 bits per heavy atom. The fraction of sp³-hybridized carbons (Fsp3) is 0.211. The predicted molar refractivity (Wildman–Crippen MR) is 86.8 cm³/mol. The molecule has 1 heterocycles. The van der Waals surface area contributed by atoms with E-state index in [0.717, 1.165) is 4.90 Å². The minimum absolute atomic E-state index is 0.0603. The van der Waals surface area contributed by atoms with Gasteiger partial charge in [0.1, 0.15) is 0 Å². The predicted octanol–water partition coefficient (Wildman–Crippen LogP) is 3.67. The molecular formula is C19H15F2NO3. The minimum Gasteiger partial charge on any atom is -0.294 e. The summed E-state index contributed by atoms with van der Waals surface area (Å²) in [5.74, 6) is -4.94. The molecule has 2 amide bonds. The van der Waals surface area contributed by atoms with Crippen LogP contribution >= 0.6 is 0 Å². The van der Waals surface area contributed by atoms with Crippen LogP contribution < -0.4 is 0 Å². The molecule has 0 bridgehead atoms. The second kappa shape index (κ2) is 6.20. The van der Waals surface area contributed by atoms with Crippen LogP contribution in [0.25, 0.3) is 0 Å². The molecule has 0 saturated heterocycles. The number of carbonyl (C=O) groups is 3. The van der Waals surface area contributed by atoms with Crippen LogP contribution in [0.3, 0.4) is 0 Å². The number of benzene rings is 2. The monoisotopic (exact) mass is 343 g/mol. The smallest absolute Gasteiger partial charge is 0.275 e. The number of ketones is 1. The number of fused-ring (bicyclic) bond motifs is 1. The zero-order chi connectivity index (χ0) is 18.2. The molecule has 6 heteroatoms. The van der Waals surface area contributed by atoms with E-state index in [1.165, 1.54) is 43.3 Å². The second-order valence-electron chi connectivity index (χ2n) is 5.86. The largest absolute Gasteiger partial charge is 0.294 e. The van der Waals surface area contributed by atoms with Gasteiger partial charge in [-0.1, -0.05) is 36.4 Å². The van der Waals surface area contributed by atoms with Gasteiger partial charge < -0.3 is 0 Å². The Morgan fingerprint density at radius 2 is 1.48 bits per heavy atom. The van der Waals surface area contributed by atoms with Gasteiger partial charge in [-0.15, -0.1) is 0 Å². The van der Waals surface area contributed by atoms with Gasteiger partial charge in [-0.05, 0) is 19.1 Å². The molecule has 0 aromatic heterocycles. The van der Waals surface area contributed by atoms with Crippen LogP contribution in [-0.4, -0.2) is 29.0 Å². The molecule has 3 rings (SSSR count). The molecule has 2 aromatic rings. The number of amides is 2. The first-order chi connectivity index (χ1) is 11.8. The summed E-state index contributed by atoms with van der Waals surface area (Å²) in [5.41, 5.74) is -0.00567. The maximum Gasteiger partial charge on any atom is 0.275 e. The van der Waals surface area contributed by atoms with Crippen LogP contribution in [0.2, 0.25) is 0 Å². The number of Topliss-reactive ketones (excluding diaryl/α,β-unsaturated/α-hetero) is 1. The number of hydrogen-bond acceptors (Lipinski definition) is 3. The zero-order valence-electron chi connectivity index (χ0n) is 13.5. The van der Waals surface area contributed by atoms with Gasteiger partial charge in [0.25, 0.3) is 17.7 Å². The van der Waals surface area contributed by atoms with E-state index in [9.17, 15) is 23.2 Å². The van der Waals surface area contributed by atoms with Gasteiger partial charge in [-0.3, -0.25) is 19.3 Å². The molecule has 0 radical (unpaired) electrons. The van der Waals surface area contributed by atoms with E-state index in [0.29, 0.717) is 0 Å². The first kappa shape index (κ1) is 17.0. The summed E-state index contributed by atoms with van der Waals surface area (Å²) in [4.78, 5) is 36.9. The molecule has 4 nitrogen and oxygen atoms in total. The van der Waals surface area contributed by atoms with Gasteiger partial charge >= 0.3 is 0 Å².